The highest BCUT2D eigenvalue weighted by Gasteiger charge is 2.44. The number of hydrogen-bond donors (Lipinski definition) is 2. The van der Waals surface area contributed by atoms with Crippen LogP contribution >= 0.6 is 0 Å². The van der Waals surface area contributed by atoms with Crippen LogP contribution in [0.2, 0.25) is 0 Å². The molecule has 1 saturated heterocycles. The minimum atomic E-state index is -0.788. The molecule has 3 rings (SSSR count). The number of amides is 2. The molecule has 0 saturated carbocycles. The summed E-state index contributed by atoms with van der Waals surface area (Å²) >= 11 is 0. The monoisotopic (exact) mass is 386 g/mol. The summed E-state index contributed by atoms with van der Waals surface area (Å²) < 4.78 is 0. The number of aliphatic imine (C=N–C) groups is 1. The Morgan fingerprint density at radius 2 is 2.18 bits per heavy atom. The SMILES string of the molecule is CC(C)CC1(C)N=C(N)N(CC2CCCN(C(=O)c3cccc(O)c3)C2)C1=O. The van der Waals surface area contributed by atoms with E-state index in [9.17, 15) is 14.7 Å². The number of phenols is 1. The molecule has 0 aliphatic carbocycles. The van der Waals surface area contributed by atoms with Gasteiger partial charge in [-0.3, -0.25) is 14.5 Å². The summed E-state index contributed by atoms with van der Waals surface area (Å²) in [5.74, 6) is 0.708. The van der Waals surface area contributed by atoms with Crippen LogP contribution in [-0.4, -0.2) is 57.9 Å². The number of hydrogen-bond acceptors (Lipinski definition) is 5. The van der Waals surface area contributed by atoms with E-state index >= 15 is 0 Å². The average molecular weight is 386 g/mol. The molecular formula is C21H30N4O3. The van der Waals surface area contributed by atoms with Gasteiger partial charge in [0, 0.05) is 25.2 Å². The number of likely N-dealkylation sites (tertiary alicyclic amines) is 1. The molecule has 2 atom stereocenters. The van der Waals surface area contributed by atoms with Crippen molar-refractivity contribution in [3.05, 3.63) is 29.8 Å². The number of nitrogens with zero attached hydrogens (tertiary/aromatic N) is 3. The summed E-state index contributed by atoms with van der Waals surface area (Å²) in [5, 5.41) is 9.63. The number of benzene rings is 1. The van der Waals surface area contributed by atoms with Gasteiger partial charge in [0.2, 0.25) is 0 Å². The van der Waals surface area contributed by atoms with Gasteiger partial charge in [-0.25, -0.2) is 4.99 Å². The van der Waals surface area contributed by atoms with Crippen molar-refractivity contribution in [2.24, 2.45) is 22.6 Å². The molecule has 2 unspecified atom stereocenters. The number of carbonyl (C=O) groups excluding carboxylic acids is 2. The molecule has 152 valence electrons. The van der Waals surface area contributed by atoms with Crippen LogP contribution < -0.4 is 5.73 Å². The minimum Gasteiger partial charge on any atom is -0.508 e. The van der Waals surface area contributed by atoms with Crippen LogP contribution in [0.3, 0.4) is 0 Å². The lowest BCUT2D eigenvalue weighted by atomic mass is 9.90. The van der Waals surface area contributed by atoms with E-state index in [1.807, 2.05) is 6.92 Å². The first-order valence-electron chi connectivity index (χ1n) is 9.95. The Morgan fingerprint density at radius 1 is 1.43 bits per heavy atom. The molecule has 2 amide bonds. The number of nitrogens with two attached hydrogens (primary N) is 1. The molecule has 7 nitrogen and oxygen atoms in total. The summed E-state index contributed by atoms with van der Waals surface area (Å²) in [6, 6.07) is 6.40. The molecule has 1 fully saturated rings. The van der Waals surface area contributed by atoms with Gasteiger partial charge in [-0.05, 0) is 56.2 Å². The first kappa shape index (κ1) is 20.2. The second-order valence-corrected chi connectivity index (χ2v) is 8.57. The van der Waals surface area contributed by atoms with Gasteiger partial charge in [0.1, 0.15) is 11.3 Å². The van der Waals surface area contributed by atoms with E-state index in [1.54, 1.807) is 28.0 Å². The number of carbonyl (C=O) groups is 2. The van der Waals surface area contributed by atoms with Gasteiger partial charge in [0.05, 0.1) is 0 Å². The number of phenolic OH excluding ortho intramolecular Hbond substituents is 1. The molecule has 1 aromatic rings. The van der Waals surface area contributed by atoms with E-state index in [-0.39, 0.29) is 29.4 Å². The fourth-order valence-electron chi connectivity index (χ4n) is 4.34. The third-order valence-corrected chi connectivity index (χ3v) is 5.49. The average Bonchev–Trinajstić information content (AvgIpc) is 2.83. The van der Waals surface area contributed by atoms with Crippen LogP contribution in [0, 0.1) is 11.8 Å². The van der Waals surface area contributed by atoms with Crippen molar-refractivity contribution < 1.29 is 14.7 Å². The van der Waals surface area contributed by atoms with Gasteiger partial charge in [0.15, 0.2) is 5.96 Å². The van der Waals surface area contributed by atoms with Crippen molar-refractivity contribution in [2.45, 2.75) is 45.6 Å². The standard InChI is InChI=1S/C21H30N4O3/c1-14(2)11-21(3)19(28)25(20(22)23-21)13-15-6-5-9-24(12-15)18(27)16-7-4-8-17(26)10-16/h4,7-8,10,14-15,26H,5-6,9,11-13H2,1-3H3,(H2,22,23). The lowest BCUT2D eigenvalue weighted by molar-refractivity contribution is -0.131. The molecule has 3 N–H and O–H groups in total. The summed E-state index contributed by atoms with van der Waals surface area (Å²) in [7, 11) is 0. The maximum absolute atomic E-state index is 12.9. The molecule has 0 radical (unpaired) electrons. The van der Waals surface area contributed by atoms with Gasteiger partial charge in [0.25, 0.3) is 11.8 Å². The van der Waals surface area contributed by atoms with Crippen molar-refractivity contribution in [3.63, 3.8) is 0 Å². The molecule has 7 heteroatoms. The van der Waals surface area contributed by atoms with Gasteiger partial charge < -0.3 is 15.7 Å². The second-order valence-electron chi connectivity index (χ2n) is 8.57. The quantitative estimate of drug-likeness (QED) is 0.810. The van der Waals surface area contributed by atoms with Crippen LogP contribution in [0.25, 0.3) is 0 Å². The van der Waals surface area contributed by atoms with E-state index in [0.717, 1.165) is 12.8 Å². The number of aromatic hydroxyl groups is 1. The largest absolute Gasteiger partial charge is 0.508 e. The highest BCUT2D eigenvalue weighted by atomic mass is 16.3. The zero-order valence-corrected chi connectivity index (χ0v) is 16.9. The molecule has 2 heterocycles. The Hall–Kier alpha value is -2.57. The number of guanidine groups is 1. The molecule has 0 aromatic heterocycles. The third kappa shape index (κ3) is 4.13. The Kier molecular flexibility index (Phi) is 5.63. The number of piperidine rings is 1. The van der Waals surface area contributed by atoms with Crippen LogP contribution in [0.1, 0.15) is 50.4 Å². The first-order chi connectivity index (χ1) is 13.2. The van der Waals surface area contributed by atoms with Crippen LogP contribution in [-0.2, 0) is 4.79 Å². The Morgan fingerprint density at radius 3 is 2.86 bits per heavy atom. The molecule has 0 spiro atoms. The smallest absolute Gasteiger partial charge is 0.257 e. The minimum absolute atomic E-state index is 0.0462. The van der Waals surface area contributed by atoms with Crippen molar-refractivity contribution in [1.29, 1.82) is 0 Å². The number of rotatable bonds is 5. The zero-order valence-electron chi connectivity index (χ0n) is 16.9. The molecular weight excluding hydrogens is 356 g/mol. The van der Waals surface area contributed by atoms with E-state index in [4.69, 9.17) is 5.73 Å². The lowest BCUT2D eigenvalue weighted by Gasteiger charge is -2.35. The Labute approximate surface area is 166 Å². The van der Waals surface area contributed by atoms with E-state index in [1.165, 1.54) is 6.07 Å². The van der Waals surface area contributed by atoms with E-state index in [0.29, 0.717) is 37.5 Å². The van der Waals surface area contributed by atoms with Crippen molar-refractivity contribution in [3.8, 4) is 5.75 Å². The topological polar surface area (TPSA) is 99.2 Å². The molecule has 1 aromatic carbocycles. The fourth-order valence-corrected chi connectivity index (χ4v) is 4.34. The summed E-state index contributed by atoms with van der Waals surface area (Å²) in [6.45, 7) is 7.70. The summed E-state index contributed by atoms with van der Waals surface area (Å²) in [5.41, 5.74) is 5.77. The summed E-state index contributed by atoms with van der Waals surface area (Å²) in [6.07, 6.45) is 2.47. The molecule has 2 aliphatic rings. The van der Waals surface area contributed by atoms with Crippen LogP contribution in [0.15, 0.2) is 29.3 Å². The van der Waals surface area contributed by atoms with Gasteiger partial charge >= 0.3 is 0 Å². The molecule has 28 heavy (non-hydrogen) atoms. The Balaban J connectivity index is 1.66. The first-order valence-corrected chi connectivity index (χ1v) is 9.95. The predicted molar refractivity (Wildman–Crippen MR) is 108 cm³/mol. The normalized spacial score (nSPS) is 25.4. The lowest BCUT2D eigenvalue weighted by Crippen LogP contribution is -2.49. The van der Waals surface area contributed by atoms with Crippen molar-refractivity contribution in [2.75, 3.05) is 19.6 Å². The fraction of sp³-hybridized carbons (Fsp3) is 0.571. The van der Waals surface area contributed by atoms with Gasteiger partial charge in [-0.2, -0.15) is 0 Å². The van der Waals surface area contributed by atoms with Crippen molar-refractivity contribution in [1.82, 2.24) is 9.80 Å². The van der Waals surface area contributed by atoms with E-state index in [2.05, 4.69) is 18.8 Å². The second kappa shape index (κ2) is 7.81. The zero-order chi connectivity index (χ0) is 20.5. The van der Waals surface area contributed by atoms with Gasteiger partial charge in [-0.1, -0.05) is 19.9 Å². The van der Waals surface area contributed by atoms with Crippen LogP contribution in [0.4, 0.5) is 0 Å². The van der Waals surface area contributed by atoms with E-state index < -0.39 is 5.54 Å². The highest BCUT2D eigenvalue weighted by Crippen LogP contribution is 2.30. The predicted octanol–water partition coefficient (Wildman–Crippen LogP) is 2.21. The highest BCUT2D eigenvalue weighted by molar-refractivity contribution is 6.06. The van der Waals surface area contributed by atoms with Crippen molar-refractivity contribution >= 4 is 17.8 Å². The maximum atomic E-state index is 12.9. The van der Waals surface area contributed by atoms with Gasteiger partial charge in [-0.15, -0.1) is 0 Å². The Bertz CT molecular complexity index is 792. The third-order valence-electron chi connectivity index (χ3n) is 5.49. The maximum Gasteiger partial charge on any atom is 0.257 e. The van der Waals surface area contributed by atoms with Crippen LogP contribution in [0.5, 0.6) is 5.75 Å². The molecule has 2 aliphatic heterocycles. The summed E-state index contributed by atoms with van der Waals surface area (Å²) in [4.78, 5) is 33.6. The molecule has 0 bridgehead atoms.